The molecule has 1 atom stereocenters. The minimum absolute atomic E-state index is 0.0149. The fraction of sp³-hybridized carbons (Fsp3) is 0.267. The number of benzene rings is 3. The fourth-order valence-corrected chi connectivity index (χ4v) is 5.72. The number of aryl methyl sites for hydroxylation is 1. The zero-order valence-corrected chi connectivity index (χ0v) is 21.5. The average Bonchev–Trinajstić information content (AvgIpc) is 3.27. The van der Waals surface area contributed by atoms with Crippen molar-refractivity contribution in [3.63, 3.8) is 0 Å². The van der Waals surface area contributed by atoms with Crippen LogP contribution in [-0.4, -0.2) is 27.8 Å². The van der Waals surface area contributed by atoms with Crippen LogP contribution in [0.5, 0.6) is 0 Å². The third-order valence-electron chi connectivity index (χ3n) is 7.53. The summed E-state index contributed by atoms with van der Waals surface area (Å²) >= 11 is 0. The van der Waals surface area contributed by atoms with Crippen LogP contribution in [0, 0.1) is 12.7 Å². The summed E-state index contributed by atoms with van der Waals surface area (Å²) in [6.45, 7) is 5.04. The van der Waals surface area contributed by atoms with Gasteiger partial charge in [-0.25, -0.2) is 9.38 Å². The van der Waals surface area contributed by atoms with E-state index in [1.807, 2.05) is 11.0 Å². The number of hydrogen-bond donors (Lipinski definition) is 0. The number of Topliss-reactive ketones (excluding diaryl/α,β-unsaturated/α-hetero) is 1. The number of hydrogen-bond acceptors (Lipinski definition) is 4. The molecular weight excluding hydrogens is 508 g/mol. The van der Waals surface area contributed by atoms with E-state index in [4.69, 9.17) is 4.99 Å². The highest BCUT2D eigenvalue weighted by atomic mass is 19.4. The molecule has 0 N–H and O–H groups in total. The molecule has 0 aliphatic carbocycles. The van der Waals surface area contributed by atoms with Gasteiger partial charge in [0.05, 0.1) is 18.2 Å². The Morgan fingerprint density at radius 1 is 1.03 bits per heavy atom. The van der Waals surface area contributed by atoms with E-state index in [0.29, 0.717) is 31.2 Å². The van der Waals surface area contributed by atoms with Gasteiger partial charge in [-0.3, -0.25) is 4.79 Å². The molecule has 2 aliphatic heterocycles. The van der Waals surface area contributed by atoms with Gasteiger partial charge in [0.15, 0.2) is 0 Å². The molecule has 1 unspecified atom stereocenters. The molecule has 0 radical (unpaired) electrons. The van der Waals surface area contributed by atoms with Gasteiger partial charge in [0.2, 0.25) is 5.96 Å². The maximum Gasteiger partial charge on any atom is 0.416 e. The molecule has 39 heavy (non-hydrogen) atoms. The van der Waals surface area contributed by atoms with Gasteiger partial charge in [-0.2, -0.15) is 13.2 Å². The predicted molar refractivity (Wildman–Crippen MR) is 143 cm³/mol. The van der Waals surface area contributed by atoms with Crippen LogP contribution in [-0.2, 0) is 24.1 Å². The summed E-state index contributed by atoms with van der Waals surface area (Å²) in [6.07, 6.45) is -4.56. The lowest BCUT2D eigenvalue weighted by Gasteiger charge is -2.43. The molecule has 200 valence electrons. The Morgan fingerprint density at radius 2 is 1.79 bits per heavy atom. The number of guanidine groups is 1. The lowest BCUT2D eigenvalue weighted by Crippen LogP contribution is -2.50. The predicted octanol–water partition coefficient (Wildman–Crippen LogP) is 7.15. The van der Waals surface area contributed by atoms with E-state index in [1.165, 1.54) is 25.1 Å². The maximum atomic E-state index is 15.1. The molecule has 3 aromatic carbocycles. The topological polar surface area (TPSA) is 40.8 Å². The molecule has 0 saturated heterocycles. The van der Waals surface area contributed by atoms with E-state index >= 15 is 4.39 Å². The summed E-state index contributed by atoms with van der Waals surface area (Å²) < 4.78 is 58.5. The van der Waals surface area contributed by atoms with Gasteiger partial charge in [-0.15, -0.1) is 0 Å². The molecule has 0 fully saturated rings. The van der Waals surface area contributed by atoms with Gasteiger partial charge in [0.1, 0.15) is 17.3 Å². The van der Waals surface area contributed by atoms with Gasteiger partial charge in [0, 0.05) is 47.4 Å². The van der Waals surface area contributed by atoms with E-state index < -0.39 is 23.6 Å². The normalized spacial score (nSPS) is 17.2. The Hall–Kier alpha value is -4.14. The molecule has 1 aromatic heterocycles. The molecule has 4 aromatic rings. The number of aliphatic imine (C=N–C) groups is 1. The Kier molecular flexibility index (Phi) is 5.97. The largest absolute Gasteiger partial charge is 0.416 e. The highest BCUT2D eigenvalue weighted by Crippen LogP contribution is 2.43. The second kappa shape index (κ2) is 9.25. The van der Waals surface area contributed by atoms with Crippen LogP contribution in [0.25, 0.3) is 10.9 Å². The lowest BCUT2D eigenvalue weighted by molar-refractivity contribution is -0.137. The molecule has 6 rings (SSSR count). The van der Waals surface area contributed by atoms with E-state index in [2.05, 4.69) is 29.7 Å². The number of aromatic nitrogens is 1. The number of para-hydroxylation sites is 1. The minimum atomic E-state index is -4.55. The first-order valence-corrected chi connectivity index (χ1v) is 12.8. The first kappa shape index (κ1) is 25.2. The number of rotatable bonds is 3. The number of nitrogens with zero attached hydrogens (tertiary/aromatic N) is 4. The van der Waals surface area contributed by atoms with Crippen molar-refractivity contribution in [2.45, 2.75) is 45.6 Å². The van der Waals surface area contributed by atoms with Crippen LogP contribution in [0.3, 0.4) is 0 Å². The molecule has 0 saturated carbocycles. The molecule has 3 heterocycles. The summed E-state index contributed by atoms with van der Waals surface area (Å²) in [7, 11) is 0. The second-order valence-electron chi connectivity index (χ2n) is 10.1. The van der Waals surface area contributed by atoms with Gasteiger partial charge < -0.3 is 14.4 Å². The first-order valence-electron chi connectivity index (χ1n) is 12.8. The molecule has 0 amide bonds. The van der Waals surface area contributed by atoms with Crippen LogP contribution in [0.1, 0.15) is 41.8 Å². The monoisotopic (exact) mass is 534 g/mol. The van der Waals surface area contributed by atoms with Crippen LogP contribution < -0.4 is 4.90 Å². The Labute approximate surface area is 223 Å². The lowest BCUT2D eigenvalue weighted by atomic mass is 9.95. The smallest absolute Gasteiger partial charge is 0.341 e. The Balaban J connectivity index is 1.51. The number of alkyl halides is 3. The highest BCUT2D eigenvalue weighted by Gasteiger charge is 2.38. The zero-order chi connectivity index (χ0) is 27.5. The third kappa shape index (κ3) is 4.35. The van der Waals surface area contributed by atoms with E-state index in [-0.39, 0.29) is 23.6 Å². The Morgan fingerprint density at radius 3 is 2.56 bits per heavy atom. The van der Waals surface area contributed by atoms with Gasteiger partial charge in [-0.1, -0.05) is 30.3 Å². The average molecular weight is 535 g/mol. The van der Waals surface area contributed by atoms with Crippen LogP contribution >= 0.6 is 0 Å². The van der Waals surface area contributed by atoms with Crippen molar-refractivity contribution >= 4 is 34.0 Å². The maximum absolute atomic E-state index is 15.1. The van der Waals surface area contributed by atoms with Gasteiger partial charge in [0.25, 0.3) is 0 Å². The van der Waals surface area contributed by atoms with Crippen molar-refractivity contribution in [1.82, 2.24) is 9.47 Å². The van der Waals surface area contributed by atoms with Crippen LogP contribution in [0.2, 0.25) is 0 Å². The number of carbonyl (C=O) groups excluding carboxylic acids is 1. The summed E-state index contributed by atoms with van der Waals surface area (Å²) in [6, 6.07) is 17.1. The zero-order valence-electron chi connectivity index (χ0n) is 21.5. The van der Waals surface area contributed by atoms with Crippen molar-refractivity contribution in [1.29, 1.82) is 0 Å². The van der Waals surface area contributed by atoms with Crippen molar-refractivity contribution in [3.05, 3.63) is 94.9 Å². The van der Waals surface area contributed by atoms with Crippen molar-refractivity contribution in [2.75, 3.05) is 11.4 Å². The van der Waals surface area contributed by atoms with E-state index in [1.54, 1.807) is 17.0 Å². The number of carbonyl (C=O) groups is 1. The third-order valence-corrected chi connectivity index (χ3v) is 7.53. The van der Waals surface area contributed by atoms with Crippen molar-refractivity contribution < 1.29 is 22.4 Å². The molecule has 9 heteroatoms. The number of ketones is 1. The highest BCUT2D eigenvalue weighted by molar-refractivity contribution is 6.01. The van der Waals surface area contributed by atoms with Crippen molar-refractivity contribution in [3.8, 4) is 0 Å². The number of halogens is 4. The minimum Gasteiger partial charge on any atom is -0.341 e. The summed E-state index contributed by atoms with van der Waals surface area (Å²) in [5, 5.41) is 1.14. The van der Waals surface area contributed by atoms with Gasteiger partial charge in [-0.05, 0) is 55.8 Å². The molecule has 0 spiro atoms. The molecular formula is C30H26F4N4O. The van der Waals surface area contributed by atoms with Crippen LogP contribution in [0.4, 0.5) is 28.9 Å². The fourth-order valence-electron chi connectivity index (χ4n) is 5.72. The second-order valence-corrected chi connectivity index (χ2v) is 10.1. The first-order chi connectivity index (χ1) is 18.6. The molecule has 0 bridgehead atoms. The number of fused-ring (bicyclic) bond motifs is 4. The van der Waals surface area contributed by atoms with Crippen molar-refractivity contribution in [2.24, 2.45) is 4.99 Å². The van der Waals surface area contributed by atoms with Gasteiger partial charge >= 0.3 is 6.18 Å². The summed E-state index contributed by atoms with van der Waals surface area (Å²) in [4.78, 5) is 20.8. The number of anilines is 1. The SMILES string of the molecule is CC(=O)CC1c2cccc(F)c2N=C(N2CCn3c(cc4c(C)cccc43)C2)N1c1cccc(C(F)(F)F)c1. The Bertz CT molecular complexity index is 1640. The van der Waals surface area contributed by atoms with Crippen LogP contribution in [0.15, 0.2) is 71.7 Å². The standard InChI is InChI=1S/C30H26F4N4O/c1-18-6-3-11-26-24(18)16-22-17-36(12-13-37(22)26)29-35-28-23(9-5-10-25(28)31)27(14-19(2)39)38(29)21-8-4-7-20(15-21)30(32,33)34/h3-11,15-16,27H,12-14,17H2,1-2H3. The summed E-state index contributed by atoms with van der Waals surface area (Å²) in [5.74, 6) is -0.377. The van der Waals surface area contributed by atoms with E-state index in [0.717, 1.165) is 34.3 Å². The molecule has 2 aliphatic rings. The van der Waals surface area contributed by atoms with E-state index in [9.17, 15) is 18.0 Å². The molecule has 5 nitrogen and oxygen atoms in total. The summed E-state index contributed by atoms with van der Waals surface area (Å²) in [5.41, 5.74) is 3.32. The quantitative estimate of drug-likeness (QED) is 0.262.